The molecule has 0 unspecified atom stereocenters. The van der Waals surface area contributed by atoms with Crippen LogP contribution in [0.3, 0.4) is 0 Å². The van der Waals surface area contributed by atoms with E-state index < -0.39 is 11.9 Å². The highest BCUT2D eigenvalue weighted by atomic mass is 16.5. The number of rotatable bonds is 4. The second-order valence-corrected chi connectivity index (χ2v) is 10.2. The zero-order chi connectivity index (χ0) is 25.7. The maximum absolute atomic E-state index is 13.1. The summed E-state index contributed by atoms with van der Waals surface area (Å²) in [6.07, 6.45) is 3.34. The van der Waals surface area contributed by atoms with Crippen LogP contribution < -0.4 is 14.5 Å². The maximum atomic E-state index is 13.1. The number of carbonyl (C=O) groups is 4. The third-order valence-electron chi connectivity index (χ3n) is 7.78. The Bertz CT molecular complexity index is 1330. The molecule has 2 aromatic carbocycles. The van der Waals surface area contributed by atoms with Crippen LogP contribution in [0.5, 0.6) is 5.75 Å². The van der Waals surface area contributed by atoms with Crippen LogP contribution in [0.4, 0.5) is 11.4 Å². The van der Waals surface area contributed by atoms with E-state index >= 15 is 0 Å². The molecule has 1 aliphatic carbocycles. The summed E-state index contributed by atoms with van der Waals surface area (Å²) in [5, 5.41) is 0. The largest absolute Gasteiger partial charge is 0.426 e. The Balaban J connectivity index is 1.29. The van der Waals surface area contributed by atoms with E-state index in [1.54, 1.807) is 30.0 Å². The number of anilines is 2. The number of esters is 1. The Kier molecular flexibility index (Phi) is 6.02. The Morgan fingerprint density at radius 1 is 0.889 bits per heavy atom. The summed E-state index contributed by atoms with van der Waals surface area (Å²) >= 11 is 0. The van der Waals surface area contributed by atoms with Gasteiger partial charge in [0.2, 0.25) is 17.7 Å². The first-order chi connectivity index (χ1) is 17.2. The van der Waals surface area contributed by atoms with E-state index in [9.17, 15) is 19.2 Å². The molecule has 36 heavy (non-hydrogen) atoms. The summed E-state index contributed by atoms with van der Waals surface area (Å²) in [5.74, 6) is -1.76. The Hall–Kier alpha value is -3.74. The second kappa shape index (κ2) is 9.04. The summed E-state index contributed by atoms with van der Waals surface area (Å²) in [6.45, 7) is 8.01. The Morgan fingerprint density at radius 2 is 1.64 bits per heavy atom. The molecular weight excluding hydrogens is 456 g/mol. The zero-order valence-electron chi connectivity index (χ0n) is 21.0. The van der Waals surface area contributed by atoms with Gasteiger partial charge in [0.05, 0.1) is 23.4 Å². The van der Waals surface area contributed by atoms with Crippen LogP contribution in [0.15, 0.2) is 48.0 Å². The first kappa shape index (κ1) is 24.0. The van der Waals surface area contributed by atoms with Crippen LogP contribution in [0.2, 0.25) is 0 Å². The smallest absolute Gasteiger partial charge is 0.316 e. The average molecular weight is 487 g/mol. The molecule has 7 nitrogen and oxygen atoms in total. The van der Waals surface area contributed by atoms with Gasteiger partial charge >= 0.3 is 5.97 Å². The van der Waals surface area contributed by atoms with Crippen molar-refractivity contribution in [2.75, 3.05) is 16.3 Å². The van der Waals surface area contributed by atoms with Crippen molar-refractivity contribution in [1.29, 1.82) is 0 Å². The van der Waals surface area contributed by atoms with E-state index in [1.807, 2.05) is 45.0 Å². The normalized spacial score (nSPS) is 23.7. The van der Waals surface area contributed by atoms with Crippen molar-refractivity contribution >= 4 is 35.1 Å². The van der Waals surface area contributed by atoms with Gasteiger partial charge in [0, 0.05) is 18.7 Å². The molecule has 0 radical (unpaired) electrons. The molecule has 3 atom stereocenters. The van der Waals surface area contributed by atoms with Crippen molar-refractivity contribution in [1.82, 2.24) is 0 Å². The first-order valence-electron chi connectivity index (χ1n) is 12.4. The first-order valence-corrected chi connectivity index (χ1v) is 12.4. The molecule has 7 heteroatoms. The van der Waals surface area contributed by atoms with Crippen molar-refractivity contribution in [3.05, 3.63) is 64.7 Å². The molecule has 3 amide bonds. The maximum Gasteiger partial charge on any atom is 0.316 e. The molecular formula is C29H30N2O5. The number of hydrogen-bond acceptors (Lipinski definition) is 5. The molecule has 2 aliphatic heterocycles. The number of ether oxygens (including phenoxy) is 1. The van der Waals surface area contributed by atoms with Gasteiger partial charge in [-0.1, -0.05) is 23.8 Å². The van der Waals surface area contributed by atoms with Gasteiger partial charge in [0.1, 0.15) is 5.75 Å². The standard InChI is InChI=1S/C29H30N2O5/c1-16-8-10-22-23(12-16)28(34)31(27(22)33)24-11-9-21(13-18(24)3)36-29(35)20-14-26(32)30(15-20)25-7-5-6-17(2)19(25)4/h5-9,11,13,20,22-23H,10,12,14-15H2,1-4H3/t20-,22+,23-/m1/s1. The molecule has 2 fully saturated rings. The van der Waals surface area contributed by atoms with Crippen LogP contribution in [0.1, 0.15) is 42.9 Å². The molecule has 3 aliphatic rings. The predicted octanol–water partition coefficient (Wildman–Crippen LogP) is 4.42. The van der Waals surface area contributed by atoms with Gasteiger partial charge in [-0.05, 0) is 81.5 Å². The van der Waals surface area contributed by atoms with Gasteiger partial charge in [-0.2, -0.15) is 0 Å². The minimum absolute atomic E-state index is 0.0935. The molecule has 0 N–H and O–H groups in total. The third kappa shape index (κ3) is 4.02. The summed E-state index contributed by atoms with van der Waals surface area (Å²) in [4.78, 5) is 54.6. The van der Waals surface area contributed by atoms with Gasteiger partial charge < -0.3 is 9.64 Å². The third-order valence-corrected chi connectivity index (χ3v) is 7.78. The second-order valence-electron chi connectivity index (χ2n) is 10.2. The number of fused-ring (bicyclic) bond motifs is 1. The van der Waals surface area contributed by atoms with Crippen molar-refractivity contribution < 1.29 is 23.9 Å². The van der Waals surface area contributed by atoms with Gasteiger partial charge in [0.25, 0.3) is 0 Å². The highest BCUT2D eigenvalue weighted by Gasteiger charge is 2.49. The lowest BCUT2D eigenvalue weighted by Crippen LogP contribution is -2.31. The fourth-order valence-electron chi connectivity index (χ4n) is 5.54. The lowest BCUT2D eigenvalue weighted by atomic mass is 9.82. The van der Waals surface area contributed by atoms with E-state index in [-0.39, 0.29) is 42.5 Å². The van der Waals surface area contributed by atoms with Crippen molar-refractivity contribution in [3.63, 3.8) is 0 Å². The molecule has 186 valence electrons. The molecule has 5 rings (SSSR count). The van der Waals surface area contributed by atoms with Crippen LogP contribution in [-0.4, -0.2) is 30.2 Å². The van der Waals surface area contributed by atoms with Crippen LogP contribution in [0, 0.1) is 38.5 Å². The number of carbonyl (C=O) groups excluding carboxylic acids is 4. The zero-order valence-corrected chi connectivity index (χ0v) is 21.0. The number of benzene rings is 2. The minimum Gasteiger partial charge on any atom is -0.426 e. The number of imide groups is 1. The number of amides is 3. The quantitative estimate of drug-likeness (QED) is 0.277. The van der Waals surface area contributed by atoms with Crippen LogP contribution in [-0.2, 0) is 19.2 Å². The predicted molar refractivity (Wildman–Crippen MR) is 136 cm³/mol. The van der Waals surface area contributed by atoms with Crippen molar-refractivity contribution in [2.24, 2.45) is 17.8 Å². The van der Waals surface area contributed by atoms with Gasteiger partial charge in [-0.15, -0.1) is 0 Å². The SMILES string of the molecule is CC1=CC[C@@H]2C(=O)N(c3ccc(OC(=O)[C@@H]4CC(=O)N(c5cccc(C)c5C)C4)cc3C)C(=O)[C@@H]2C1. The summed E-state index contributed by atoms with van der Waals surface area (Å²) in [5.41, 5.74) is 5.25. The lowest BCUT2D eigenvalue weighted by Gasteiger charge is -2.20. The van der Waals surface area contributed by atoms with Gasteiger partial charge in [-0.25, -0.2) is 4.90 Å². The molecule has 0 saturated carbocycles. The number of nitrogens with zero attached hydrogens (tertiary/aromatic N) is 2. The summed E-state index contributed by atoms with van der Waals surface area (Å²) in [6, 6.07) is 10.7. The van der Waals surface area contributed by atoms with E-state index in [1.165, 1.54) is 4.90 Å². The van der Waals surface area contributed by atoms with Crippen molar-refractivity contribution in [2.45, 2.75) is 47.0 Å². The average Bonchev–Trinajstić information content (AvgIpc) is 3.33. The molecule has 0 aromatic heterocycles. The van der Waals surface area contributed by atoms with Gasteiger partial charge in [0.15, 0.2) is 0 Å². The molecule has 2 aromatic rings. The minimum atomic E-state index is -0.571. The summed E-state index contributed by atoms with van der Waals surface area (Å²) in [7, 11) is 0. The van der Waals surface area contributed by atoms with Crippen LogP contribution in [0.25, 0.3) is 0 Å². The van der Waals surface area contributed by atoms with E-state index in [0.717, 1.165) is 22.4 Å². The number of aryl methyl sites for hydroxylation is 2. The van der Waals surface area contributed by atoms with Gasteiger partial charge in [-0.3, -0.25) is 19.2 Å². The monoisotopic (exact) mass is 486 g/mol. The molecule has 2 heterocycles. The molecule has 0 spiro atoms. The molecule has 2 saturated heterocycles. The fraction of sp³-hybridized carbons (Fsp3) is 0.379. The molecule has 0 bridgehead atoms. The lowest BCUT2D eigenvalue weighted by molar-refractivity contribution is -0.139. The van der Waals surface area contributed by atoms with Crippen molar-refractivity contribution in [3.8, 4) is 5.75 Å². The highest BCUT2D eigenvalue weighted by Crippen LogP contribution is 2.41. The van der Waals surface area contributed by atoms with E-state index in [0.29, 0.717) is 29.8 Å². The number of hydrogen-bond donors (Lipinski definition) is 0. The topological polar surface area (TPSA) is 84.0 Å². The van der Waals surface area contributed by atoms with E-state index in [2.05, 4.69) is 0 Å². The van der Waals surface area contributed by atoms with E-state index in [4.69, 9.17) is 4.74 Å². The highest BCUT2D eigenvalue weighted by molar-refractivity contribution is 6.22. The Labute approximate surface area is 210 Å². The Morgan fingerprint density at radius 3 is 2.39 bits per heavy atom. The number of allylic oxidation sites excluding steroid dienone is 2. The fourth-order valence-corrected chi connectivity index (χ4v) is 5.54. The van der Waals surface area contributed by atoms with Crippen LogP contribution >= 0.6 is 0 Å². The summed E-state index contributed by atoms with van der Waals surface area (Å²) < 4.78 is 5.63.